The minimum absolute atomic E-state index is 0.170. The monoisotopic (exact) mass is 466 g/mol. The predicted molar refractivity (Wildman–Crippen MR) is 104 cm³/mol. The number of carbonyl (C=O) groups is 2. The zero-order chi connectivity index (χ0) is 18.4. The molecular weight excluding hydrogens is 447 g/mol. The van der Waals surface area contributed by atoms with Crippen LogP contribution in [0.4, 0.5) is 0 Å². The van der Waals surface area contributed by atoms with E-state index in [1.54, 1.807) is 20.3 Å². The molecule has 0 spiro atoms. The van der Waals surface area contributed by atoms with Crippen molar-refractivity contribution in [2.24, 2.45) is 28.8 Å². The van der Waals surface area contributed by atoms with Gasteiger partial charge in [0.05, 0.1) is 35.8 Å². The first-order valence-corrected chi connectivity index (χ1v) is 9.64. The van der Waals surface area contributed by atoms with Crippen LogP contribution in [0.15, 0.2) is 29.4 Å². The van der Waals surface area contributed by atoms with Crippen LogP contribution >= 0.6 is 22.6 Å². The molecule has 7 heteroatoms. The summed E-state index contributed by atoms with van der Waals surface area (Å²) in [5, 5.41) is 5.30. The van der Waals surface area contributed by atoms with E-state index in [1.165, 1.54) is 6.21 Å². The van der Waals surface area contributed by atoms with Crippen LogP contribution in [0.2, 0.25) is 0 Å². The first-order chi connectivity index (χ1) is 12.5. The molecule has 5 rings (SSSR count). The summed E-state index contributed by atoms with van der Waals surface area (Å²) in [6.07, 6.45) is 7.70. The third-order valence-electron chi connectivity index (χ3n) is 5.51. The molecule has 4 atom stereocenters. The Morgan fingerprint density at radius 3 is 2.19 bits per heavy atom. The molecule has 1 saturated heterocycles. The van der Waals surface area contributed by atoms with Crippen LogP contribution in [-0.2, 0) is 9.59 Å². The average molecular weight is 466 g/mol. The van der Waals surface area contributed by atoms with Crippen LogP contribution in [0.3, 0.4) is 0 Å². The largest absolute Gasteiger partial charge is 0.493 e. The zero-order valence-electron chi connectivity index (χ0n) is 14.5. The van der Waals surface area contributed by atoms with E-state index in [0.29, 0.717) is 11.5 Å². The lowest BCUT2D eigenvalue weighted by Gasteiger charge is -2.37. The van der Waals surface area contributed by atoms with Gasteiger partial charge in [0.2, 0.25) is 0 Å². The second-order valence-corrected chi connectivity index (χ2v) is 7.97. The number of halogens is 1. The highest BCUT2D eigenvalue weighted by Gasteiger charge is 2.56. The van der Waals surface area contributed by atoms with Crippen molar-refractivity contribution in [2.75, 3.05) is 14.2 Å². The lowest BCUT2D eigenvalue weighted by Crippen LogP contribution is -2.38. The van der Waals surface area contributed by atoms with Gasteiger partial charge >= 0.3 is 0 Å². The molecule has 1 heterocycles. The van der Waals surface area contributed by atoms with E-state index < -0.39 is 0 Å². The minimum atomic E-state index is -0.242. The minimum Gasteiger partial charge on any atom is -0.493 e. The molecule has 0 radical (unpaired) electrons. The summed E-state index contributed by atoms with van der Waals surface area (Å²) in [6, 6.07) is 3.64. The number of ether oxygens (including phenoxy) is 2. The lowest BCUT2D eigenvalue weighted by molar-refractivity contribution is -0.140. The quantitative estimate of drug-likeness (QED) is 0.296. The van der Waals surface area contributed by atoms with Crippen LogP contribution in [0.25, 0.3) is 0 Å². The van der Waals surface area contributed by atoms with Crippen molar-refractivity contribution in [3.05, 3.63) is 33.4 Å². The van der Waals surface area contributed by atoms with Gasteiger partial charge in [-0.15, -0.1) is 0 Å². The summed E-state index contributed by atoms with van der Waals surface area (Å²) >= 11 is 2.15. The van der Waals surface area contributed by atoms with Crippen molar-refractivity contribution in [3.8, 4) is 11.5 Å². The van der Waals surface area contributed by atoms with Gasteiger partial charge in [0.1, 0.15) is 0 Å². The Kier molecular flexibility index (Phi) is 4.50. The molecule has 2 amide bonds. The molecule has 26 heavy (non-hydrogen) atoms. The number of amides is 2. The highest BCUT2D eigenvalue weighted by molar-refractivity contribution is 14.1. The molecule has 1 saturated carbocycles. The molecular formula is C19H19IN2O4. The molecule has 0 unspecified atom stereocenters. The molecule has 6 nitrogen and oxygen atoms in total. The van der Waals surface area contributed by atoms with Gasteiger partial charge in [-0.05, 0) is 65.0 Å². The van der Waals surface area contributed by atoms with Gasteiger partial charge in [0.15, 0.2) is 11.5 Å². The second kappa shape index (κ2) is 6.68. The standard InChI is InChI=1S/C19H19IN2O4/c1-25-14-8-10(7-13(20)17(14)26-2)9-21-22-18(23)15-11-3-4-12(6-5-11)16(15)19(22)24/h3-4,7-9,11-12,15-16H,5-6H2,1-2H3/b21-9-/t11-,12+,15-,16-/m0/s1. The van der Waals surface area contributed by atoms with E-state index in [1.807, 2.05) is 6.07 Å². The summed E-state index contributed by atoms with van der Waals surface area (Å²) in [4.78, 5) is 25.5. The van der Waals surface area contributed by atoms with E-state index in [9.17, 15) is 9.59 Å². The van der Waals surface area contributed by atoms with Crippen LogP contribution in [0.5, 0.6) is 11.5 Å². The smallest absolute Gasteiger partial charge is 0.254 e. The van der Waals surface area contributed by atoms with Gasteiger partial charge in [-0.25, -0.2) is 0 Å². The van der Waals surface area contributed by atoms with Crippen molar-refractivity contribution >= 4 is 40.6 Å². The van der Waals surface area contributed by atoms with Crippen molar-refractivity contribution in [1.29, 1.82) is 0 Å². The number of allylic oxidation sites excluding steroid dienone is 2. The van der Waals surface area contributed by atoms with Gasteiger partial charge in [-0.1, -0.05) is 12.2 Å². The number of fused-ring (bicyclic) bond motifs is 1. The molecule has 136 valence electrons. The molecule has 1 aromatic carbocycles. The fraction of sp³-hybridized carbons (Fsp3) is 0.421. The third-order valence-corrected chi connectivity index (χ3v) is 6.32. The van der Waals surface area contributed by atoms with Crippen molar-refractivity contribution < 1.29 is 19.1 Å². The number of carbonyl (C=O) groups excluding carboxylic acids is 2. The zero-order valence-corrected chi connectivity index (χ0v) is 16.7. The number of methoxy groups -OCH3 is 2. The lowest BCUT2D eigenvalue weighted by atomic mass is 9.63. The maximum atomic E-state index is 12.8. The molecule has 3 aliphatic carbocycles. The van der Waals surface area contributed by atoms with Gasteiger partial charge in [0, 0.05) is 0 Å². The van der Waals surface area contributed by atoms with Gasteiger partial charge in [-0.2, -0.15) is 10.1 Å². The van der Waals surface area contributed by atoms with E-state index in [2.05, 4.69) is 39.8 Å². The number of hydrogen-bond donors (Lipinski definition) is 0. The predicted octanol–water partition coefficient (Wildman–Crippen LogP) is 2.84. The Balaban J connectivity index is 1.61. The molecule has 2 bridgehead atoms. The molecule has 2 fully saturated rings. The Morgan fingerprint density at radius 1 is 1.08 bits per heavy atom. The molecule has 0 N–H and O–H groups in total. The van der Waals surface area contributed by atoms with Crippen molar-refractivity contribution in [2.45, 2.75) is 12.8 Å². The van der Waals surface area contributed by atoms with Crippen LogP contribution in [0.1, 0.15) is 18.4 Å². The Morgan fingerprint density at radius 2 is 1.69 bits per heavy atom. The van der Waals surface area contributed by atoms with E-state index in [0.717, 1.165) is 27.0 Å². The first kappa shape index (κ1) is 17.5. The second-order valence-electron chi connectivity index (χ2n) is 6.81. The summed E-state index contributed by atoms with van der Waals surface area (Å²) in [7, 11) is 3.15. The number of nitrogens with zero attached hydrogens (tertiary/aromatic N) is 2. The maximum absolute atomic E-state index is 12.8. The summed E-state index contributed by atoms with van der Waals surface area (Å²) in [5.41, 5.74) is 0.739. The number of rotatable bonds is 4. The Hall–Kier alpha value is -1.90. The van der Waals surface area contributed by atoms with Crippen molar-refractivity contribution in [1.82, 2.24) is 5.01 Å². The molecule has 1 aliphatic heterocycles. The fourth-order valence-electron chi connectivity index (χ4n) is 4.31. The van der Waals surface area contributed by atoms with Gasteiger partial charge in [0.25, 0.3) is 11.8 Å². The highest BCUT2D eigenvalue weighted by atomic mass is 127. The summed E-state index contributed by atoms with van der Waals surface area (Å²) in [6.45, 7) is 0. The third kappa shape index (κ3) is 2.64. The molecule has 4 aliphatic rings. The number of hydrazone groups is 1. The topological polar surface area (TPSA) is 68.2 Å². The highest BCUT2D eigenvalue weighted by Crippen LogP contribution is 2.49. The summed E-state index contributed by atoms with van der Waals surface area (Å²) < 4.78 is 11.5. The van der Waals surface area contributed by atoms with Crippen LogP contribution in [-0.4, -0.2) is 37.3 Å². The average Bonchev–Trinajstić information content (AvgIpc) is 2.93. The number of benzene rings is 1. The van der Waals surface area contributed by atoms with E-state index in [-0.39, 0.29) is 35.5 Å². The SMILES string of the molecule is COc1cc(/C=N\N2C(=O)[C@@H]3[C@@H](C2=O)[C@H]2C=C[C@@H]3CC2)cc(I)c1OC. The number of imide groups is 1. The van der Waals surface area contributed by atoms with Crippen LogP contribution < -0.4 is 9.47 Å². The summed E-state index contributed by atoms with van der Waals surface area (Å²) in [5.74, 6) is 0.731. The Labute approximate surface area is 165 Å². The van der Waals surface area contributed by atoms with Crippen molar-refractivity contribution in [3.63, 3.8) is 0 Å². The molecule has 0 aromatic heterocycles. The molecule has 1 aromatic rings. The van der Waals surface area contributed by atoms with Gasteiger partial charge in [-0.3, -0.25) is 9.59 Å². The van der Waals surface area contributed by atoms with Gasteiger partial charge < -0.3 is 9.47 Å². The van der Waals surface area contributed by atoms with E-state index in [4.69, 9.17) is 9.47 Å². The van der Waals surface area contributed by atoms with E-state index >= 15 is 0 Å². The fourth-order valence-corrected chi connectivity index (χ4v) is 5.15. The first-order valence-electron chi connectivity index (χ1n) is 8.56. The Bertz CT molecular complexity index is 803. The maximum Gasteiger partial charge on any atom is 0.254 e. The van der Waals surface area contributed by atoms with Crippen LogP contribution in [0, 0.1) is 27.2 Å². The normalized spacial score (nSPS) is 29.6. The number of hydrogen-bond acceptors (Lipinski definition) is 5.